The molecule has 1 amide bonds. The van der Waals surface area contributed by atoms with Gasteiger partial charge in [-0.05, 0) is 42.5 Å². The van der Waals surface area contributed by atoms with Crippen molar-refractivity contribution < 1.29 is 4.79 Å². The van der Waals surface area contributed by atoms with Gasteiger partial charge in [0.1, 0.15) is 12.7 Å². The number of benzene rings is 2. The van der Waals surface area contributed by atoms with Gasteiger partial charge < -0.3 is 5.32 Å². The Labute approximate surface area is 175 Å². The zero-order valence-electron chi connectivity index (χ0n) is 16.6. The molecule has 1 unspecified atom stereocenters. The first-order chi connectivity index (χ1) is 14.8. The second-order valence-corrected chi connectivity index (χ2v) is 7.06. The number of aromatic nitrogens is 4. The number of hydrogen-bond donors (Lipinski definition) is 1. The van der Waals surface area contributed by atoms with Gasteiger partial charge in [-0.25, -0.2) is 14.6 Å². The third kappa shape index (κ3) is 4.97. The predicted octanol–water partition coefficient (Wildman–Crippen LogP) is 4.16. The zero-order chi connectivity index (χ0) is 20.6. The van der Waals surface area contributed by atoms with Gasteiger partial charge in [0.25, 0.3) is 5.91 Å². The molecule has 0 fully saturated rings. The Morgan fingerprint density at radius 2 is 1.73 bits per heavy atom. The lowest BCUT2D eigenvalue weighted by Gasteiger charge is -2.19. The first-order valence-corrected chi connectivity index (χ1v) is 10.0. The van der Waals surface area contributed by atoms with Crippen molar-refractivity contribution in [1.29, 1.82) is 0 Å². The third-order valence-electron chi connectivity index (χ3n) is 4.97. The summed E-state index contributed by atoms with van der Waals surface area (Å²) >= 11 is 0. The number of carbonyl (C=O) groups excluding carboxylic acids is 1. The largest absolute Gasteiger partial charge is 0.345 e. The molecule has 1 atom stereocenters. The highest BCUT2D eigenvalue weighted by atomic mass is 16.1. The van der Waals surface area contributed by atoms with Crippen molar-refractivity contribution in [1.82, 2.24) is 25.1 Å². The smallest absolute Gasteiger partial charge is 0.253 e. The van der Waals surface area contributed by atoms with Crippen LogP contribution in [-0.4, -0.2) is 25.7 Å². The van der Waals surface area contributed by atoms with Crippen molar-refractivity contribution in [3.8, 4) is 5.82 Å². The molecule has 4 aromatic rings. The Bertz CT molecular complexity index is 1050. The first-order valence-electron chi connectivity index (χ1n) is 10.0. The molecule has 0 aliphatic carbocycles. The van der Waals surface area contributed by atoms with E-state index < -0.39 is 0 Å². The molecule has 0 aliphatic rings. The SMILES string of the molecule is O=C(NC(CCCc1ccccc1)c1ccccc1)c1ccc(-n2cncn2)nc1. The van der Waals surface area contributed by atoms with Crippen LogP contribution < -0.4 is 5.32 Å². The lowest BCUT2D eigenvalue weighted by atomic mass is 9.98. The molecule has 2 aromatic carbocycles. The monoisotopic (exact) mass is 397 g/mol. The fraction of sp³-hybridized carbons (Fsp3) is 0.167. The molecule has 2 heterocycles. The Morgan fingerprint density at radius 1 is 0.967 bits per heavy atom. The second-order valence-electron chi connectivity index (χ2n) is 7.06. The van der Waals surface area contributed by atoms with Gasteiger partial charge in [-0.1, -0.05) is 60.7 Å². The van der Waals surface area contributed by atoms with E-state index in [9.17, 15) is 4.79 Å². The zero-order valence-corrected chi connectivity index (χ0v) is 16.6. The molecule has 0 spiro atoms. The highest BCUT2D eigenvalue weighted by Gasteiger charge is 2.16. The minimum Gasteiger partial charge on any atom is -0.345 e. The standard InChI is InChI=1S/C24H23N5O/c30-24(21-14-15-23(26-16-21)29-18-25-17-27-29)28-22(20-11-5-2-6-12-20)13-7-10-19-8-3-1-4-9-19/h1-6,8-9,11-12,14-18,22H,7,10,13H2,(H,28,30). The Morgan fingerprint density at radius 3 is 2.40 bits per heavy atom. The molecule has 0 radical (unpaired) electrons. The van der Waals surface area contributed by atoms with Crippen LogP contribution in [0.15, 0.2) is 91.6 Å². The van der Waals surface area contributed by atoms with Crippen LogP contribution in [0, 0.1) is 0 Å². The molecule has 0 aliphatic heterocycles. The summed E-state index contributed by atoms with van der Waals surface area (Å²) in [6.45, 7) is 0. The first kappa shape index (κ1) is 19.5. The van der Waals surface area contributed by atoms with E-state index in [2.05, 4.69) is 56.8 Å². The maximum absolute atomic E-state index is 12.9. The van der Waals surface area contributed by atoms with Gasteiger partial charge in [0, 0.05) is 6.20 Å². The maximum atomic E-state index is 12.9. The molecule has 6 heteroatoms. The molecular weight excluding hydrogens is 374 g/mol. The number of aryl methyl sites for hydroxylation is 1. The second kappa shape index (κ2) is 9.60. The van der Waals surface area contributed by atoms with E-state index in [1.54, 1.807) is 29.3 Å². The summed E-state index contributed by atoms with van der Waals surface area (Å²) in [5.41, 5.74) is 2.93. The summed E-state index contributed by atoms with van der Waals surface area (Å²) in [6.07, 6.45) is 7.40. The van der Waals surface area contributed by atoms with Gasteiger partial charge in [-0.15, -0.1) is 0 Å². The van der Waals surface area contributed by atoms with E-state index >= 15 is 0 Å². The molecule has 150 valence electrons. The van der Waals surface area contributed by atoms with E-state index in [1.807, 2.05) is 24.3 Å². The number of hydrogen-bond acceptors (Lipinski definition) is 4. The quantitative estimate of drug-likeness (QED) is 0.485. The van der Waals surface area contributed by atoms with Gasteiger partial charge in [0.15, 0.2) is 5.82 Å². The molecule has 2 aromatic heterocycles. The van der Waals surface area contributed by atoms with E-state index in [0.717, 1.165) is 24.8 Å². The number of pyridine rings is 1. The minimum absolute atomic E-state index is 0.0580. The van der Waals surface area contributed by atoms with E-state index in [4.69, 9.17) is 0 Å². The lowest BCUT2D eigenvalue weighted by Crippen LogP contribution is -2.28. The van der Waals surface area contributed by atoms with Crippen LogP contribution in [0.3, 0.4) is 0 Å². The number of nitrogens with one attached hydrogen (secondary N) is 1. The summed E-state index contributed by atoms with van der Waals surface area (Å²) in [5.74, 6) is 0.479. The number of carbonyl (C=O) groups is 1. The molecule has 30 heavy (non-hydrogen) atoms. The van der Waals surface area contributed by atoms with Crippen molar-refractivity contribution in [2.75, 3.05) is 0 Å². The summed E-state index contributed by atoms with van der Waals surface area (Å²) in [6, 6.07) is 24.0. The fourth-order valence-electron chi connectivity index (χ4n) is 3.39. The predicted molar refractivity (Wildman–Crippen MR) is 115 cm³/mol. The van der Waals surface area contributed by atoms with Gasteiger partial charge >= 0.3 is 0 Å². The van der Waals surface area contributed by atoms with E-state index in [1.165, 1.54) is 11.9 Å². The molecule has 6 nitrogen and oxygen atoms in total. The van der Waals surface area contributed by atoms with Crippen molar-refractivity contribution in [2.24, 2.45) is 0 Å². The van der Waals surface area contributed by atoms with Crippen LogP contribution in [0.25, 0.3) is 5.82 Å². The summed E-state index contributed by atoms with van der Waals surface area (Å²) < 4.78 is 1.55. The molecule has 0 saturated heterocycles. The van der Waals surface area contributed by atoms with Crippen LogP contribution in [0.2, 0.25) is 0 Å². The Hall–Kier alpha value is -3.80. The van der Waals surface area contributed by atoms with Crippen molar-refractivity contribution in [3.63, 3.8) is 0 Å². The molecular formula is C24H23N5O. The van der Waals surface area contributed by atoms with Crippen molar-refractivity contribution in [3.05, 3.63) is 108 Å². The highest BCUT2D eigenvalue weighted by molar-refractivity contribution is 5.94. The van der Waals surface area contributed by atoms with Gasteiger partial charge in [0.05, 0.1) is 11.6 Å². The molecule has 1 N–H and O–H groups in total. The van der Waals surface area contributed by atoms with Crippen molar-refractivity contribution in [2.45, 2.75) is 25.3 Å². The molecule has 0 saturated carbocycles. The van der Waals surface area contributed by atoms with Crippen LogP contribution >= 0.6 is 0 Å². The third-order valence-corrected chi connectivity index (χ3v) is 4.97. The van der Waals surface area contributed by atoms with E-state index in [-0.39, 0.29) is 11.9 Å². The number of rotatable bonds is 8. The Kier molecular flexibility index (Phi) is 6.25. The maximum Gasteiger partial charge on any atom is 0.253 e. The lowest BCUT2D eigenvalue weighted by molar-refractivity contribution is 0.0934. The summed E-state index contributed by atoms with van der Waals surface area (Å²) in [7, 11) is 0. The van der Waals surface area contributed by atoms with Crippen molar-refractivity contribution >= 4 is 5.91 Å². The Balaban J connectivity index is 1.43. The van der Waals surface area contributed by atoms with Crippen LogP contribution in [0.5, 0.6) is 0 Å². The van der Waals surface area contributed by atoms with Gasteiger partial charge in [-0.3, -0.25) is 4.79 Å². The highest BCUT2D eigenvalue weighted by Crippen LogP contribution is 2.20. The molecule has 4 rings (SSSR count). The van der Waals surface area contributed by atoms with Crippen LogP contribution in [0.1, 0.15) is 40.4 Å². The van der Waals surface area contributed by atoms with Crippen LogP contribution in [-0.2, 0) is 6.42 Å². The topological polar surface area (TPSA) is 72.7 Å². The van der Waals surface area contributed by atoms with Gasteiger partial charge in [-0.2, -0.15) is 5.10 Å². The molecule has 0 bridgehead atoms. The van der Waals surface area contributed by atoms with Gasteiger partial charge in [0.2, 0.25) is 0 Å². The normalized spacial score (nSPS) is 11.7. The van der Waals surface area contributed by atoms with Crippen LogP contribution in [0.4, 0.5) is 0 Å². The number of amides is 1. The average Bonchev–Trinajstić information content (AvgIpc) is 3.35. The average molecular weight is 397 g/mol. The van der Waals surface area contributed by atoms with E-state index in [0.29, 0.717) is 11.4 Å². The number of nitrogens with zero attached hydrogens (tertiary/aromatic N) is 4. The fourth-order valence-corrected chi connectivity index (χ4v) is 3.39. The summed E-state index contributed by atoms with van der Waals surface area (Å²) in [5, 5.41) is 7.23. The summed E-state index contributed by atoms with van der Waals surface area (Å²) in [4.78, 5) is 21.1. The minimum atomic E-state index is -0.138.